The molecule has 116 valence electrons. The van der Waals surface area contributed by atoms with Gasteiger partial charge in [-0.2, -0.15) is 0 Å². The minimum atomic E-state index is -0.375. The van der Waals surface area contributed by atoms with Crippen LogP contribution in [0, 0.1) is 10.1 Å². The number of fused-ring (bicyclic) bond motifs is 1. The van der Waals surface area contributed by atoms with Gasteiger partial charge in [0, 0.05) is 17.0 Å². The van der Waals surface area contributed by atoms with Gasteiger partial charge in [-0.1, -0.05) is 24.7 Å². The fraction of sp³-hybridized carbons (Fsp3) is 0.400. The van der Waals surface area contributed by atoms with Gasteiger partial charge >= 0.3 is 10.8 Å². The summed E-state index contributed by atoms with van der Waals surface area (Å²) in [5.41, 5.74) is 1.88. The van der Waals surface area contributed by atoms with E-state index in [-0.39, 0.29) is 10.6 Å². The van der Waals surface area contributed by atoms with Crippen LogP contribution in [-0.2, 0) is 6.54 Å². The molecule has 2 heterocycles. The Morgan fingerprint density at radius 2 is 2.36 bits per heavy atom. The Bertz CT molecular complexity index is 699. The molecule has 0 unspecified atom stereocenters. The predicted octanol–water partition coefficient (Wildman–Crippen LogP) is 3.22. The number of ether oxygens (including phenoxy) is 1. The fourth-order valence-corrected chi connectivity index (χ4v) is 3.46. The molecule has 0 aliphatic carbocycles. The van der Waals surface area contributed by atoms with Gasteiger partial charge in [0.05, 0.1) is 11.5 Å². The zero-order valence-electron chi connectivity index (χ0n) is 12.4. The summed E-state index contributed by atoms with van der Waals surface area (Å²) >= 11 is 1.62. The van der Waals surface area contributed by atoms with Crippen molar-refractivity contribution in [2.45, 2.75) is 26.3 Å². The number of nitrogens with one attached hydrogen (secondary N) is 1. The third-order valence-corrected chi connectivity index (χ3v) is 4.57. The molecule has 1 N–H and O–H groups in total. The lowest BCUT2D eigenvalue weighted by Gasteiger charge is -2.07. The first-order valence-electron chi connectivity index (χ1n) is 7.37. The van der Waals surface area contributed by atoms with E-state index in [4.69, 9.17) is 4.74 Å². The van der Waals surface area contributed by atoms with Gasteiger partial charge in [-0.15, -0.1) is 0 Å². The Labute approximate surface area is 132 Å². The zero-order valence-corrected chi connectivity index (χ0v) is 13.2. The minimum absolute atomic E-state index is 0.0279. The maximum atomic E-state index is 11.3. The molecule has 7 heteroatoms. The largest absolute Gasteiger partial charge is 0.487 e. The monoisotopic (exact) mass is 320 g/mol. The van der Waals surface area contributed by atoms with Crippen LogP contribution in [-0.4, -0.2) is 18.1 Å². The molecule has 1 aromatic heterocycles. The third-order valence-electron chi connectivity index (χ3n) is 3.64. The Morgan fingerprint density at radius 3 is 3.14 bits per heavy atom. The van der Waals surface area contributed by atoms with E-state index >= 15 is 0 Å². The molecule has 1 aliphatic heterocycles. The second-order valence-electron chi connectivity index (χ2n) is 5.15. The number of anilines is 1. The second-order valence-corrected chi connectivity index (χ2v) is 6.00. The number of unbranched alkanes of at least 4 members (excludes halogenated alkanes) is 1. The molecule has 3 rings (SSSR count). The highest BCUT2D eigenvalue weighted by Gasteiger charge is 2.26. The van der Waals surface area contributed by atoms with E-state index in [1.807, 2.05) is 11.4 Å². The number of hydrogen-bond donors (Lipinski definition) is 1. The second kappa shape index (κ2) is 6.31. The molecular formula is C15H18N3O3S+. The lowest BCUT2D eigenvalue weighted by Crippen LogP contribution is -2.30. The van der Waals surface area contributed by atoms with Crippen LogP contribution in [0.25, 0.3) is 11.3 Å². The van der Waals surface area contributed by atoms with Crippen molar-refractivity contribution in [2.75, 3.05) is 18.5 Å². The molecule has 1 aromatic carbocycles. The van der Waals surface area contributed by atoms with Gasteiger partial charge in [-0.05, 0) is 18.6 Å². The lowest BCUT2D eigenvalue weighted by molar-refractivity contribution is -0.655. The summed E-state index contributed by atoms with van der Waals surface area (Å²) in [5, 5.41) is 17.7. The van der Waals surface area contributed by atoms with Crippen LogP contribution in [0.3, 0.4) is 0 Å². The number of rotatable bonds is 6. The van der Waals surface area contributed by atoms with Gasteiger partial charge in [0.15, 0.2) is 5.75 Å². The van der Waals surface area contributed by atoms with E-state index in [0.717, 1.165) is 42.3 Å². The van der Waals surface area contributed by atoms with E-state index in [1.165, 1.54) is 0 Å². The minimum Gasteiger partial charge on any atom is -0.487 e. The molecule has 2 aromatic rings. The third kappa shape index (κ3) is 2.76. The van der Waals surface area contributed by atoms with Crippen LogP contribution in [0.5, 0.6) is 5.75 Å². The van der Waals surface area contributed by atoms with Crippen LogP contribution >= 0.6 is 11.3 Å². The van der Waals surface area contributed by atoms with E-state index in [2.05, 4.69) is 16.8 Å². The summed E-state index contributed by atoms with van der Waals surface area (Å²) in [6, 6.07) is 5.20. The number of nitrogens with zero attached hydrogens (tertiary/aromatic N) is 2. The van der Waals surface area contributed by atoms with Crippen molar-refractivity contribution in [3.8, 4) is 17.0 Å². The van der Waals surface area contributed by atoms with Crippen LogP contribution < -0.4 is 14.6 Å². The molecule has 1 aliphatic rings. The molecule has 0 amide bonds. The zero-order chi connectivity index (χ0) is 15.5. The molecule has 0 saturated carbocycles. The summed E-state index contributed by atoms with van der Waals surface area (Å²) in [4.78, 5) is 10.9. The first-order chi connectivity index (χ1) is 10.7. The molecule has 0 saturated heterocycles. The topological polar surface area (TPSA) is 68.3 Å². The normalized spacial score (nSPS) is 12.8. The Balaban J connectivity index is 1.93. The van der Waals surface area contributed by atoms with Crippen molar-refractivity contribution < 1.29 is 14.2 Å². The molecular weight excluding hydrogens is 302 g/mol. The Kier molecular flexibility index (Phi) is 4.24. The van der Waals surface area contributed by atoms with Crippen LogP contribution in [0.1, 0.15) is 19.8 Å². The van der Waals surface area contributed by atoms with Gasteiger partial charge in [-0.3, -0.25) is 15.4 Å². The van der Waals surface area contributed by atoms with Crippen molar-refractivity contribution in [3.05, 3.63) is 33.7 Å². The quantitative estimate of drug-likeness (QED) is 0.384. The SMILES string of the molecule is CCCCOc1ccc(-c2csc3[n+]2CCN3)cc1[N+](=O)[O-]. The summed E-state index contributed by atoms with van der Waals surface area (Å²) in [6.07, 6.45) is 1.88. The summed E-state index contributed by atoms with van der Waals surface area (Å²) in [5.74, 6) is 0.345. The van der Waals surface area contributed by atoms with Crippen LogP contribution in [0.15, 0.2) is 23.6 Å². The van der Waals surface area contributed by atoms with Crippen LogP contribution in [0.2, 0.25) is 0 Å². The van der Waals surface area contributed by atoms with E-state index in [9.17, 15) is 10.1 Å². The number of benzene rings is 1. The average Bonchev–Trinajstić information content (AvgIpc) is 3.10. The maximum absolute atomic E-state index is 11.3. The van der Waals surface area contributed by atoms with Crippen molar-refractivity contribution in [3.63, 3.8) is 0 Å². The van der Waals surface area contributed by atoms with Gasteiger partial charge in [0.1, 0.15) is 18.8 Å². The predicted molar refractivity (Wildman–Crippen MR) is 85.5 cm³/mol. The van der Waals surface area contributed by atoms with Crippen LogP contribution in [0.4, 0.5) is 10.8 Å². The van der Waals surface area contributed by atoms with Gasteiger partial charge < -0.3 is 4.74 Å². The molecule has 0 fully saturated rings. The molecule has 0 radical (unpaired) electrons. The first-order valence-corrected chi connectivity index (χ1v) is 8.25. The van der Waals surface area contributed by atoms with E-state index in [1.54, 1.807) is 23.5 Å². The lowest BCUT2D eigenvalue weighted by atomic mass is 10.1. The summed E-state index contributed by atoms with van der Waals surface area (Å²) in [6.45, 7) is 4.35. The smallest absolute Gasteiger partial charge is 0.334 e. The number of thiazole rings is 1. The van der Waals surface area contributed by atoms with Crippen molar-refractivity contribution in [1.29, 1.82) is 0 Å². The van der Waals surface area contributed by atoms with Crippen molar-refractivity contribution in [1.82, 2.24) is 0 Å². The van der Waals surface area contributed by atoms with Crippen molar-refractivity contribution >= 4 is 22.2 Å². The van der Waals surface area contributed by atoms with E-state index in [0.29, 0.717) is 12.4 Å². The van der Waals surface area contributed by atoms with Gasteiger partial charge in [0.25, 0.3) is 0 Å². The highest BCUT2D eigenvalue weighted by atomic mass is 32.1. The van der Waals surface area contributed by atoms with Gasteiger partial charge in [-0.25, -0.2) is 4.57 Å². The van der Waals surface area contributed by atoms with Crippen molar-refractivity contribution in [2.24, 2.45) is 0 Å². The summed E-state index contributed by atoms with van der Waals surface area (Å²) < 4.78 is 7.70. The maximum Gasteiger partial charge on any atom is 0.334 e. The number of nitro benzene ring substituents is 1. The number of hydrogen-bond acceptors (Lipinski definition) is 5. The average molecular weight is 320 g/mol. The standard InChI is InChI=1S/C15H17N3O3S/c1-2-3-8-21-14-5-4-11(9-12(14)18(19)20)13-10-22-15-16-6-7-17(13)15/h4-5,9-10H,2-3,6-8H2,1H3/p+1. The Morgan fingerprint density at radius 1 is 1.50 bits per heavy atom. The van der Waals surface area contributed by atoms with E-state index < -0.39 is 0 Å². The number of nitro groups is 1. The molecule has 6 nitrogen and oxygen atoms in total. The highest BCUT2D eigenvalue weighted by molar-refractivity contribution is 7.13. The molecule has 22 heavy (non-hydrogen) atoms. The summed E-state index contributed by atoms with van der Waals surface area (Å²) in [7, 11) is 0. The highest BCUT2D eigenvalue weighted by Crippen LogP contribution is 2.33. The Hall–Kier alpha value is -2.15. The first kappa shape index (κ1) is 14.8. The molecule has 0 atom stereocenters. The fourth-order valence-electron chi connectivity index (χ4n) is 2.47. The number of aromatic nitrogens is 1. The molecule has 0 spiro atoms. The molecule has 0 bridgehead atoms. The van der Waals surface area contributed by atoms with Gasteiger partial charge in [0.2, 0.25) is 0 Å².